The first kappa shape index (κ1) is 10.9. The lowest BCUT2D eigenvalue weighted by molar-refractivity contribution is 0.675. The molecule has 3 nitrogen and oxygen atoms in total. The number of imidazole rings is 1. The van der Waals surface area contributed by atoms with Crippen molar-refractivity contribution in [3.8, 4) is 0 Å². The maximum absolute atomic E-state index is 4.51. The summed E-state index contributed by atoms with van der Waals surface area (Å²) in [6.07, 6.45) is 4.98. The summed E-state index contributed by atoms with van der Waals surface area (Å²) < 4.78 is 2.14. The molecule has 0 aromatic carbocycles. The Bertz CT molecular complexity index is 485. The van der Waals surface area contributed by atoms with Crippen molar-refractivity contribution >= 4 is 5.65 Å². The lowest BCUT2D eigenvalue weighted by Crippen LogP contribution is -2.16. The number of nitrogens with one attached hydrogen (secondary N) is 1. The molecule has 0 atom stereocenters. The van der Waals surface area contributed by atoms with E-state index in [2.05, 4.69) is 34.4 Å². The molecule has 16 heavy (non-hydrogen) atoms. The van der Waals surface area contributed by atoms with E-state index in [1.54, 1.807) is 0 Å². The molecule has 0 amide bonds. The van der Waals surface area contributed by atoms with Crippen LogP contribution >= 0.6 is 0 Å². The Labute approximate surface area is 95.8 Å². The number of aromatic nitrogens is 2. The zero-order valence-corrected chi connectivity index (χ0v) is 9.61. The highest BCUT2D eigenvalue weighted by atomic mass is 15.0. The van der Waals surface area contributed by atoms with Crippen LogP contribution < -0.4 is 5.32 Å². The monoisotopic (exact) mass is 215 g/mol. The number of pyridine rings is 1. The summed E-state index contributed by atoms with van der Waals surface area (Å²) in [5.74, 6) is 0. The van der Waals surface area contributed by atoms with Crippen LogP contribution in [0.2, 0.25) is 0 Å². The normalized spacial score (nSPS) is 10.8. The Morgan fingerprint density at radius 1 is 1.50 bits per heavy atom. The molecular weight excluding hydrogens is 198 g/mol. The molecule has 0 aliphatic carbocycles. The molecular formula is C13H17N3. The van der Waals surface area contributed by atoms with Gasteiger partial charge in [-0.05, 0) is 32.0 Å². The van der Waals surface area contributed by atoms with Gasteiger partial charge in [0.1, 0.15) is 5.65 Å². The molecule has 0 aliphatic rings. The predicted molar refractivity (Wildman–Crippen MR) is 66.4 cm³/mol. The second-order valence-electron chi connectivity index (χ2n) is 3.83. The standard InChI is InChI=1S/C13H17N3/c1-3-4-8-14-10-12-11(2)15-13-7-5-6-9-16(12)13/h3,5-7,9,14H,1,4,8,10H2,2H3. The number of hydrogen-bond acceptors (Lipinski definition) is 2. The highest BCUT2D eigenvalue weighted by Crippen LogP contribution is 2.11. The Morgan fingerprint density at radius 2 is 2.38 bits per heavy atom. The van der Waals surface area contributed by atoms with Gasteiger partial charge in [0.15, 0.2) is 0 Å². The Balaban J connectivity index is 2.16. The molecule has 0 saturated heterocycles. The van der Waals surface area contributed by atoms with E-state index in [9.17, 15) is 0 Å². The molecule has 0 saturated carbocycles. The third-order valence-electron chi connectivity index (χ3n) is 2.65. The molecule has 2 heterocycles. The molecule has 0 radical (unpaired) electrons. The molecule has 0 aliphatic heterocycles. The van der Waals surface area contributed by atoms with Crippen molar-refractivity contribution in [2.24, 2.45) is 0 Å². The number of aryl methyl sites for hydroxylation is 1. The van der Waals surface area contributed by atoms with Crippen LogP contribution in [0, 0.1) is 6.92 Å². The fourth-order valence-electron chi connectivity index (χ4n) is 1.79. The van der Waals surface area contributed by atoms with Crippen LogP contribution in [-0.4, -0.2) is 15.9 Å². The maximum atomic E-state index is 4.51. The van der Waals surface area contributed by atoms with Crippen LogP contribution in [0.1, 0.15) is 17.8 Å². The minimum Gasteiger partial charge on any atom is -0.311 e. The minimum absolute atomic E-state index is 0.852. The van der Waals surface area contributed by atoms with Gasteiger partial charge in [-0.2, -0.15) is 0 Å². The van der Waals surface area contributed by atoms with Crippen LogP contribution in [-0.2, 0) is 6.54 Å². The first-order valence-corrected chi connectivity index (χ1v) is 5.57. The molecule has 0 spiro atoms. The van der Waals surface area contributed by atoms with E-state index in [1.165, 1.54) is 5.69 Å². The summed E-state index contributed by atoms with van der Waals surface area (Å²) in [4.78, 5) is 4.51. The van der Waals surface area contributed by atoms with Crippen LogP contribution in [0.4, 0.5) is 0 Å². The zero-order chi connectivity index (χ0) is 11.4. The minimum atomic E-state index is 0.852. The van der Waals surface area contributed by atoms with Crippen molar-refractivity contribution in [1.82, 2.24) is 14.7 Å². The van der Waals surface area contributed by atoms with E-state index in [-0.39, 0.29) is 0 Å². The second-order valence-corrected chi connectivity index (χ2v) is 3.83. The molecule has 1 N–H and O–H groups in total. The molecule has 0 bridgehead atoms. The van der Waals surface area contributed by atoms with Crippen LogP contribution in [0.25, 0.3) is 5.65 Å². The van der Waals surface area contributed by atoms with Gasteiger partial charge in [-0.25, -0.2) is 4.98 Å². The molecule has 0 fully saturated rings. The van der Waals surface area contributed by atoms with E-state index < -0.39 is 0 Å². The van der Waals surface area contributed by atoms with Crippen LogP contribution in [0.15, 0.2) is 37.1 Å². The van der Waals surface area contributed by atoms with Gasteiger partial charge in [-0.1, -0.05) is 12.1 Å². The SMILES string of the molecule is C=CCCNCc1c(C)nc2ccccn12. The largest absolute Gasteiger partial charge is 0.311 e. The summed E-state index contributed by atoms with van der Waals surface area (Å²) in [6, 6.07) is 6.07. The van der Waals surface area contributed by atoms with Crippen molar-refractivity contribution in [3.63, 3.8) is 0 Å². The predicted octanol–water partition coefficient (Wildman–Crippen LogP) is 2.31. The van der Waals surface area contributed by atoms with Crippen molar-refractivity contribution in [3.05, 3.63) is 48.4 Å². The molecule has 2 aromatic rings. The Morgan fingerprint density at radius 3 is 3.19 bits per heavy atom. The third-order valence-corrected chi connectivity index (χ3v) is 2.65. The molecule has 2 rings (SSSR count). The van der Waals surface area contributed by atoms with E-state index in [4.69, 9.17) is 0 Å². The van der Waals surface area contributed by atoms with Crippen molar-refractivity contribution < 1.29 is 0 Å². The number of hydrogen-bond donors (Lipinski definition) is 1. The topological polar surface area (TPSA) is 29.3 Å². The quantitative estimate of drug-likeness (QED) is 0.612. The van der Waals surface area contributed by atoms with E-state index in [0.29, 0.717) is 0 Å². The summed E-state index contributed by atoms with van der Waals surface area (Å²) in [5, 5.41) is 3.39. The third kappa shape index (κ3) is 2.14. The highest BCUT2D eigenvalue weighted by molar-refractivity contribution is 5.42. The highest BCUT2D eigenvalue weighted by Gasteiger charge is 2.06. The van der Waals surface area contributed by atoms with Gasteiger partial charge in [0.25, 0.3) is 0 Å². The smallest absolute Gasteiger partial charge is 0.137 e. The summed E-state index contributed by atoms with van der Waals surface area (Å²) in [5.41, 5.74) is 3.34. The van der Waals surface area contributed by atoms with Crippen molar-refractivity contribution in [2.75, 3.05) is 6.54 Å². The molecule has 84 valence electrons. The lowest BCUT2D eigenvalue weighted by atomic mass is 10.3. The molecule has 2 aromatic heterocycles. The second kappa shape index (κ2) is 4.94. The average molecular weight is 215 g/mol. The van der Waals surface area contributed by atoms with Crippen molar-refractivity contribution in [1.29, 1.82) is 0 Å². The Kier molecular flexibility index (Phi) is 3.37. The average Bonchev–Trinajstić information content (AvgIpc) is 2.61. The number of nitrogens with zero attached hydrogens (tertiary/aromatic N) is 2. The summed E-state index contributed by atoms with van der Waals surface area (Å²) in [7, 11) is 0. The zero-order valence-electron chi connectivity index (χ0n) is 9.61. The number of rotatable bonds is 5. The van der Waals surface area contributed by atoms with E-state index >= 15 is 0 Å². The van der Waals surface area contributed by atoms with E-state index in [0.717, 1.165) is 30.9 Å². The van der Waals surface area contributed by atoms with Gasteiger partial charge in [-0.3, -0.25) is 0 Å². The Hall–Kier alpha value is -1.61. The maximum Gasteiger partial charge on any atom is 0.137 e. The fourth-order valence-corrected chi connectivity index (χ4v) is 1.79. The van der Waals surface area contributed by atoms with Crippen LogP contribution in [0.3, 0.4) is 0 Å². The molecule has 3 heteroatoms. The summed E-state index contributed by atoms with van der Waals surface area (Å²) >= 11 is 0. The fraction of sp³-hybridized carbons (Fsp3) is 0.308. The van der Waals surface area contributed by atoms with Gasteiger partial charge >= 0.3 is 0 Å². The number of fused-ring (bicyclic) bond motifs is 1. The first-order chi connectivity index (χ1) is 7.83. The molecule has 0 unspecified atom stereocenters. The van der Waals surface area contributed by atoms with Gasteiger partial charge < -0.3 is 9.72 Å². The van der Waals surface area contributed by atoms with Gasteiger partial charge in [0.2, 0.25) is 0 Å². The first-order valence-electron chi connectivity index (χ1n) is 5.57. The van der Waals surface area contributed by atoms with Crippen molar-refractivity contribution in [2.45, 2.75) is 19.9 Å². The van der Waals surface area contributed by atoms with Gasteiger partial charge in [-0.15, -0.1) is 6.58 Å². The van der Waals surface area contributed by atoms with Gasteiger partial charge in [0.05, 0.1) is 11.4 Å². The van der Waals surface area contributed by atoms with Gasteiger partial charge in [0, 0.05) is 12.7 Å². The lowest BCUT2D eigenvalue weighted by Gasteiger charge is -2.04. The van der Waals surface area contributed by atoms with E-state index in [1.807, 2.05) is 24.3 Å². The van der Waals surface area contributed by atoms with Crippen LogP contribution in [0.5, 0.6) is 0 Å². The summed E-state index contributed by atoms with van der Waals surface area (Å²) in [6.45, 7) is 7.57.